The average molecular weight is 205 g/mol. The molecule has 1 aromatic carbocycles. The summed E-state index contributed by atoms with van der Waals surface area (Å²) >= 11 is 1.83. The molecule has 1 nitrogen and oxygen atoms in total. The summed E-state index contributed by atoms with van der Waals surface area (Å²) in [5.74, 6) is 0. The van der Waals surface area contributed by atoms with Crippen molar-refractivity contribution in [3.8, 4) is 0 Å². The lowest BCUT2D eigenvalue weighted by Gasteiger charge is -2.13. The third-order valence-electron chi connectivity index (χ3n) is 2.66. The normalized spacial score (nSPS) is 25.6. The van der Waals surface area contributed by atoms with Crippen LogP contribution in [0, 0.1) is 0 Å². The molecule has 2 unspecified atom stereocenters. The first-order valence-corrected chi connectivity index (χ1v) is 6.01. The maximum absolute atomic E-state index is 4.37. The zero-order chi connectivity index (χ0) is 9.97. The van der Waals surface area contributed by atoms with Crippen molar-refractivity contribution in [3.05, 3.63) is 35.4 Å². The molecule has 0 spiro atoms. The fraction of sp³-hybridized carbons (Fsp3) is 0.417. The molecule has 0 fully saturated rings. The van der Waals surface area contributed by atoms with Gasteiger partial charge in [0.2, 0.25) is 0 Å². The molecule has 1 aliphatic rings. The highest BCUT2D eigenvalue weighted by molar-refractivity contribution is 8.12. The van der Waals surface area contributed by atoms with Crippen LogP contribution in [0.15, 0.2) is 29.3 Å². The number of thioether (sulfide) groups is 1. The van der Waals surface area contributed by atoms with Gasteiger partial charge in [-0.25, -0.2) is 0 Å². The molecular weight excluding hydrogens is 190 g/mol. The highest BCUT2D eigenvalue weighted by atomic mass is 32.2. The maximum atomic E-state index is 4.37. The molecule has 0 aliphatic carbocycles. The molecular formula is C12H15NS. The summed E-state index contributed by atoms with van der Waals surface area (Å²) in [7, 11) is 0. The number of benzene rings is 1. The van der Waals surface area contributed by atoms with E-state index in [0.717, 1.165) is 6.42 Å². The number of rotatable bonds is 2. The van der Waals surface area contributed by atoms with Gasteiger partial charge >= 0.3 is 0 Å². The van der Waals surface area contributed by atoms with E-state index in [9.17, 15) is 0 Å². The minimum absolute atomic E-state index is 0.424. The third kappa shape index (κ3) is 1.85. The van der Waals surface area contributed by atoms with Gasteiger partial charge in [0, 0.05) is 0 Å². The van der Waals surface area contributed by atoms with E-state index in [4.69, 9.17) is 0 Å². The Morgan fingerprint density at radius 2 is 2.00 bits per heavy atom. The molecule has 0 saturated carbocycles. The van der Waals surface area contributed by atoms with Gasteiger partial charge in [-0.05, 0) is 24.5 Å². The van der Waals surface area contributed by atoms with Crippen molar-refractivity contribution in [2.75, 3.05) is 0 Å². The minimum Gasteiger partial charge on any atom is -0.282 e. The van der Waals surface area contributed by atoms with Crippen molar-refractivity contribution in [2.24, 2.45) is 4.99 Å². The van der Waals surface area contributed by atoms with Crippen LogP contribution < -0.4 is 0 Å². The molecule has 1 aliphatic heterocycles. The molecule has 14 heavy (non-hydrogen) atoms. The fourth-order valence-electron chi connectivity index (χ4n) is 1.69. The topological polar surface area (TPSA) is 12.4 Å². The monoisotopic (exact) mass is 205 g/mol. The number of aliphatic imine (C=N–C) groups is 1. The molecule has 2 heteroatoms. The number of aryl methyl sites for hydroxylation is 1. The summed E-state index contributed by atoms with van der Waals surface area (Å²) in [6.07, 6.45) is 1.12. The van der Waals surface area contributed by atoms with Crippen LogP contribution >= 0.6 is 11.8 Å². The first kappa shape index (κ1) is 9.78. The molecule has 0 saturated heterocycles. The van der Waals surface area contributed by atoms with Crippen LogP contribution in [0.1, 0.15) is 30.2 Å². The molecule has 0 radical (unpaired) electrons. The quantitative estimate of drug-likeness (QED) is 0.720. The standard InChI is InChI=1S/C12H15NS/c1-3-10-4-6-11(7-5-10)12-9(2)13-8-14-12/h4-9,12H,3H2,1-2H3. The Labute approximate surface area is 89.6 Å². The van der Waals surface area contributed by atoms with Crippen molar-refractivity contribution in [1.29, 1.82) is 0 Å². The molecule has 0 amide bonds. The molecule has 74 valence electrons. The summed E-state index contributed by atoms with van der Waals surface area (Å²) in [6, 6.07) is 9.35. The first-order valence-electron chi connectivity index (χ1n) is 5.07. The summed E-state index contributed by atoms with van der Waals surface area (Å²) in [6.45, 7) is 4.36. The molecule has 0 aromatic heterocycles. The Hall–Kier alpha value is -0.760. The van der Waals surface area contributed by atoms with E-state index in [2.05, 4.69) is 43.1 Å². The number of hydrogen-bond acceptors (Lipinski definition) is 2. The van der Waals surface area contributed by atoms with E-state index in [0.29, 0.717) is 11.3 Å². The second-order valence-corrected chi connectivity index (χ2v) is 4.64. The van der Waals surface area contributed by atoms with Crippen LogP contribution in [0.25, 0.3) is 0 Å². The molecule has 0 bridgehead atoms. The zero-order valence-corrected chi connectivity index (χ0v) is 9.42. The van der Waals surface area contributed by atoms with Crippen molar-refractivity contribution in [2.45, 2.75) is 31.6 Å². The van der Waals surface area contributed by atoms with Crippen LogP contribution in [0.5, 0.6) is 0 Å². The summed E-state index contributed by atoms with van der Waals surface area (Å²) in [5.41, 5.74) is 4.78. The lowest BCUT2D eigenvalue weighted by atomic mass is 10.0. The number of nitrogens with zero attached hydrogens (tertiary/aromatic N) is 1. The zero-order valence-electron chi connectivity index (χ0n) is 8.60. The minimum atomic E-state index is 0.424. The smallest absolute Gasteiger partial charge is 0.0640 e. The number of hydrogen-bond donors (Lipinski definition) is 0. The Balaban J connectivity index is 2.17. The predicted molar refractivity (Wildman–Crippen MR) is 64.1 cm³/mol. The van der Waals surface area contributed by atoms with Crippen molar-refractivity contribution >= 4 is 17.3 Å². The Bertz CT molecular complexity index is 329. The van der Waals surface area contributed by atoms with E-state index in [-0.39, 0.29) is 0 Å². The van der Waals surface area contributed by atoms with Crippen molar-refractivity contribution in [1.82, 2.24) is 0 Å². The van der Waals surface area contributed by atoms with Gasteiger partial charge in [-0.3, -0.25) is 4.99 Å². The van der Waals surface area contributed by atoms with E-state index < -0.39 is 0 Å². The lowest BCUT2D eigenvalue weighted by molar-refractivity contribution is 0.741. The van der Waals surface area contributed by atoms with Gasteiger partial charge in [-0.15, -0.1) is 11.8 Å². The average Bonchev–Trinajstić information content (AvgIpc) is 2.65. The van der Waals surface area contributed by atoms with Gasteiger partial charge < -0.3 is 0 Å². The lowest BCUT2D eigenvalue weighted by Crippen LogP contribution is -2.04. The molecule has 0 N–H and O–H groups in total. The van der Waals surface area contributed by atoms with E-state index in [1.807, 2.05) is 17.3 Å². The first-order chi connectivity index (χ1) is 6.81. The Morgan fingerprint density at radius 1 is 1.29 bits per heavy atom. The Kier molecular flexibility index (Phi) is 2.92. The van der Waals surface area contributed by atoms with E-state index in [1.165, 1.54) is 11.1 Å². The Morgan fingerprint density at radius 3 is 2.50 bits per heavy atom. The maximum Gasteiger partial charge on any atom is 0.0640 e. The molecule has 1 aromatic rings. The van der Waals surface area contributed by atoms with Crippen LogP contribution in [-0.4, -0.2) is 11.6 Å². The second kappa shape index (κ2) is 4.18. The van der Waals surface area contributed by atoms with Gasteiger partial charge in [-0.2, -0.15) is 0 Å². The van der Waals surface area contributed by atoms with E-state index in [1.54, 1.807) is 0 Å². The van der Waals surface area contributed by atoms with Gasteiger partial charge in [0.15, 0.2) is 0 Å². The summed E-state index contributed by atoms with van der Waals surface area (Å²) in [5, 5.41) is 0.529. The van der Waals surface area contributed by atoms with Crippen LogP contribution in [0.3, 0.4) is 0 Å². The molecule has 1 heterocycles. The highest BCUT2D eigenvalue weighted by Gasteiger charge is 2.22. The second-order valence-electron chi connectivity index (χ2n) is 3.65. The molecule has 2 atom stereocenters. The van der Waals surface area contributed by atoms with Crippen molar-refractivity contribution < 1.29 is 0 Å². The van der Waals surface area contributed by atoms with Gasteiger partial charge in [0.1, 0.15) is 0 Å². The van der Waals surface area contributed by atoms with Crippen LogP contribution in [0.4, 0.5) is 0 Å². The molecule has 2 rings (SSSR count). The van der Waals surface area contributed by atoms with Gasteiger partial charge in [0.25, 0.3) is 0 Å². The predicted octanol–water partition coefficient (Wildman–Crippen LogP) is 3.45. The summed E-state index contributed by atoms with van der Waals surface area (Å²) in [4.78, 5) is 4.37. The van der Waals surface area contributed by atoms with Gasteiger partial charge in [-0.1, -0.05) is 31.2 Å². The van der Waals surface area contributed by atoms with Gasteiger partial charge in [0.05, 0.1) is 16.8 Å². The SMILES string of the molecule is CCc1ccc(C2SC=NC2C)cc1. The van der Waals surface area contributed by atoms with E-state index >= 15 is 0 Å². The van der Waals surface area contributed by atoms with Crippen molar-refractivity contribution in [3.63, 3.8) is 0 Å². The third-order valence-corrected chi connectivity index (χ3v) is 3.86. The van der Waals surface area contributed by atoms with Crippen LogP contribution in [0.2, 0.25) is 0 Å². The largest absolute Gasteiger partial charge is 0.282 e. The summed E-state index contributed by atoms with van der Waals surface area (Å²) < 4.78 is 0. The highest BCUT2D eigenvalue weighted by Crippen LogP contribution is 2.36. The van der Waals surface area contributed by atoms with Crippen LogP contribution in [-0.2, 0) is 6.42 Å². The fourth-order valence-corrected chi connectivity index (χ4v) is 2.69.